The van der Waals surface area contributed by atoms with Crippen molar-refractivity contribution >= 4 is 77.6 Å². The van der Waals surface area contributed by atoms with Gasteiger partial charge >= 0.3 is 0 Å². The van der Waals surface area contributed by atoms with E-state index in [1.807, 2.05) is 0 Å². The van der Waals surface area contributed by atoms with Gasteiger partial charge in [0.05, 0.1) is 11.4 Å². The number of nitrogens with zero attached hydrogens (tertiary/aromatic N) is 2. The molecule has 3 nitrogen and oxygen atoms in total. The molecule has 3 heteroatoms. The third-order valence-electron chi connectivity index (χ3n) is 14.4. The van der Waals surface area contributed by atoms with Crippen LogP contribution >= 0.6 is 0 Å². The molecule has 0 amide bonds. The first-order valence-corrected chi connectivity index (χ1v) is 23.7. The molecule has 1 heterocycles. The lowest BCUT2D eigenvalue weighted by Crippen LogP contribution is -2.13. The molecule has 0 aliphatic heterocycles. The summed E-state index contributed by atoms with van der Waals surface area (Å²) in [6, 6.07) is 59.3. The van der Waals surface area contributed by atoms with E-state index in [1.54, 1.807) is 0 Å². The maximum absolute atomic E-state index is 7.00. The SMILES string of the molecule is CC(C)c1c(N(c2ccccc2)c2cccc(C3CCCC3)c2)ccc2cc3c(cc12)oc1cc2c(C(C)C)c(N(c4ccccc4)c4cccc(C5CCCC5)c4)ccc2cc13. The predicted molar refractivity (Wildman–Crippen MR) is 269 cm³/mol. The van der Waals surface area contributed by atoms with Gasteiger partial charge in [0.1, 0.15) is 11.2 Å². The molecule has 2 saturated carbocycles. The van der Waals surface area contributed by atoms with Crippen molar-refractivity contribution in [3.05, 3.63) is 180 Å². The maximum atomic E-state index is 7.00. The van der Waals surface area contributed by atoms with E-state index in [0.29, 0.717) is 11.8 Å². The van der Waals surface area contributed by atoms with E-state index in [2.05, 4.69) is 195 Å². The van der Waals surface area contributed by atoms with Gasteiger partial charge in [-0.25, -0.2) is 0 Å². The van der Waals surface area contributed by atoms with Gasteiger partial charge in [0, 0.05) is 33.5 Å². The monoisotopic (exact) mass is 822 g/mol. The molecule has 2 fully saturated rings. The smallest absolute Gasteiger partial charge is 0.136 e. The summed E-state index contributed by atoms with van der Waals surface area (Å²) in [7, 11) is 0. The second kappa shape index (κ2) is 16.4. The molecule has 11 rings (SSSR count). The highest BCUT2D eigenvalue weighted by Crippen LogP contribution is 2.48. The first-order chi connectivity index (χ1) is 30.9. The van der Waals surface area contributed by atoms with Crippen molar-refractivity contribution in [2.24, 2.45) is 0 Å². The van der Waals surface area contributed by atoms with E-state index in [0.717, 1.165) is 21.9 Å². The molecule has 8 aromatic carbocycles. The van der Waals surface area contributed by atoms with Gasteiger partial charge in [0.25, 0.3) is 0 Å². The number of hydrogen-bond donors (Lipinski definition) is 0. The molecule has 2 aliphatic rings. The minimum Gasteiger partial charge on any atom is -0.456 e. The number of hydrogen-bond acceptors (Lipinski definition) is 3. The van der Waals surface area contributed by atoms with E-state index < -0.39 is 0 Å². The number of fused-ring (bicyclic) bond motifs is 5. The first kappa shape index (κ1) is 39.5. The molecular formula is C60H58N2O. The molecule has 314 valence electrons. The van der Waals surface area contributed by atoms with Crippen molar-refractivity contribution in [2.45, 2.75) is 103 Å². The molecule has 2 aliphatic carbocycles. The number of benzene rings is 8. The quantitative estimate of drug-likeness (QED) is 0.137. The van der Waals surface area contributed by atoms with E-state index in [-0.39, 0.29) is 11.8 Å². The lowest BCUT2D eigenvalue weighted by molar-refractivity contribution is 0.670. The van der Waals surface area contributed by atoms with Crippen LogP contribution < -0.4 is 9.80 Å². The summed E-state index contributed by atoms with van der Waals surface area (Å²) in [6.45, 7) is 9.34. The third-order valence-corrected chi connectivity index (χ3v) is 14.4. The highest BCUT2D eigenvalue weighted by atomic mass is 16.3. The van der Waals surface area contributed by atoms with Crippen molar-refractivity contribution in [1.29, 1.82) is 0 Å². The van der Waals surface area contributed by atoms with Crippen molar-refractivity contribution < 1.29 is 4.42 Å². The van der Waals surface area contributed by atoms with Crippen LogP contribution in [0.1, 0.15) is 125 Å². The molecular weight excluding hydrogens is 765 g/mol. The fourth-order valence-corrected chi connectivity index (χ4v) is 11.4. The van der Waals surface area contributed by atoms with Gasteiger partial charge in [-0.3, -0.25) is 0 Å². The van der Waals surface area contributed by atoms with Gasteiger partial charge in [0.15, 0.2) is 0 Å². The van der Waals surface area contributed by atoms with Crippen LogP contribution in [0.2, 0.25) is 0 Å². The van der Waals surface area contributed by atoms with E-state index in [1.165, 1.54) is 129 Å². The highest BCUT2D eigenvalue weighted by molar-refractivity contribution is 6.15. The minimum atomic E-state index is 0.274. The van der Waals surface area contributed by atoms with Crippen molar-refractivity contribution in [2.75, 3.05) is 9.80 Å². The van der Waals surface area contributed by atoms with Crippen LogP contribution in [-0.2, 0) is 0 Å². The molecule has 0 N–H and O–H groups in total. The number of rotatable bonds is 10. The van der Waals surface area contributed by atoms with Gasteiger partial charge < -0.3 is 14.2 Å². The van der Waals surface area contributed by atoms with Gasteiger partial charge in [-0.15, -0.1) is 0 Å². The number of furan rings is 1. The van der Waals surface area contributed by atoms with Gasteiger partial charge in [0.2, 0.25) is 0 Å². The normalized spacial score (nSPS) is 15.0. The second-order valence-electron chi connectivity index (χ2n) is 19.0. The Morgan fingerprint density at radius 2 is 0.794 bits per heavy atom. The summed E-state index contributed by atoms with van der Waals surface area (Å²) in [5, 5.41) is 7.29. The zero-order chi connectivity index (χ0) is 42.6. The Kier molecular flexibility index (Phi) is 10.3. The Hall–Kier alpha value is -6.32. The van der Waals surface area contributed by atoms with E-state index in [9.17, 15) is 0 Å². The zero-order valence-corrected chi connectivity index (χ0v) is 37.3. The lowest BCUT2D eigenvalue weighted by Gasteiger charge is -2.30. The van der Waals surface area contributed by atoms with Crippen LogP contribution in [0.25, 0.3) is 43.5 Å². The Bertz CT molecular complexity index is 2880. The second-order valence-corrected chi connectivity index (χ2v) is 19.0. The van der Waals surface area contributed by atoms with Gasteiger partial charge in [-0.1, -0.05) is 126 Å². The molecule has 63 heavy (non-hydrogen) atoms. The number of anilines is 6. The molecule has 0 atom stereocenters. The first-order valence-electron chi connectivity index (χ1n) is 23.7. The zero-order valence-electron chi connectivity index (χ0n) is 37.3. The van der Waals surface area contributed by atoms with Crippen molar-refractivity contribution in [3.63, 3.8) is 0 Å². The molecule has 0 saturated heterocycles. The molecule has 0 unspecified atom stereocenters. The molecule has 0 bridgehead atoms. The van der Waals surface area contributed by atoms with E-state index in [4.69, 9.17) is 4.42 Å². The summed E-state index contributed by atoms with van der Waals surface area (Å²) < 4.78 is 7.00. The van der Waals surface area contributed by atoms with Gasteiger partial charge in [-0.05, 0) is 178 Å². The standard InChI is InChI=1S/C60H58N2O/c1-39(2)59-51-37-57-53(35-45(51)29-31-55(59)61(47-23-7-5-8-24-47)49-27-15-21-43(33-49)41-17-11-12-18-41)54-36-46-30-32-56(60(40(3)4)52(46)38-58(54)63-57)62(48-25-9-6-10-26-48)50-28-16-22-44(34-50)42-19-13-14-20-42/h5-10,15-16,21-42H,11-14,17-20H2,1-4H3. The van der Waals surface area contributed by atoms with Gasteiger partial charge in [-0.2, -0.15) is 0 Å². The van der Waals surface area contributed by atoms with E-state index >= 15 is 0 Å². The summed E-state index contributed by atoms with van der Waals surface area (Å²) in [4.78, 5) is 4.97. The van der Waals surface area contributed by atoms with Crippen LogP contribution in [-0.4, -0.2) is 0 Å². The van der Waals surface area contributed by atoms with Crippen molar-refractivity contribution in [1.82, 2.24) is 0 Å². The minimum absolute atomic E-state index is 0.274. The molecule has 0 radical (unpaired) electrons. The Morgan fingerprint density at radius 3 is 1.19 bits per heavy atom. The highest BCUT2D eigenvalue weighted by Gasteiger charge is 2.26. The van der Waals surface area contributed by atoms with Crippen LogP contribution in [0.5, 0.6) is 0 Å². The Labute approximate surface area is 373 Å². The molecule has 9 aromatic rings. The fraction of sp³-hybridized carbons (Fsp3) is 0.267. The Morgan fingerprint density at radius 1 is 0.397 bits per heavy atom. The maximum Gasteiger partial charge on any atom is 0.136 e. The average Bonchev–Trinajstić information content (AvgIpc) is 4.12. The molecule has 0 spiro atoms. The summed E-state index contributed by atoms with van der Waals surface area (Å²) in [5.74, 6) is 1.84. The predicted octanol–water partition coefficient (Wildman–Crippen LogP) is 18.4. The molecule has 1 aromatic heterocycles. The Balaban J connectivity index is 1.07. The number of para-hydroxylation sites is 2. The average molecular weight is 823 g/mol. The largest absolute Gasteiger partial charge is 0.456 e. The summed E-state index contributed by atoms with van der Waals surface area (Å²) >= 11 is 0. The topological polar surface area (TPSA) is 19.6 Å². The third kappa shape index (κ3) is 7.16. The van der Waals surface area contributed by atoms with Crippen LogP contribution in [0.15, 0.2) is 162 Å². The van der Waals surface area contributed by atoms with Crippen LogP contribution in [0, 0.1) is 0 Å². The fourth-order valence-electron chi connectivity index (χ4n) is 11.4. The van der Waals surface area contributed by atoms with Crippen LogP contribution in [0.4, 0.5) is 34.1 Å². The van der Waals surface area contributed by atoms with Crippen molar-refractivity contribution in [3.8, 4) is 0 Å². The summed E-state index contributed by atoms with van der Waals surface area (Å²) in [6.07, 6.45) is 10.4. The van der Waals surface area contributed by atoms with Crippen LogP contribution in [0.3, 0.4) is 0 Å². The summed E-state index contributed by atoms with van der Waals surface area (Å²) in [5.41, 5.74) is 14.7. The lowest BCUT2D eigenvalue weighted by atomic mass is 9.90.